The maximum atomic E-state index is 12.3. The zero-order valence-electron chi connectivity index (χ0n) is 15.0. The van der Waals surface area contributed by atoms with Gasteiger partial charge in [0.1, 0.15) is 5.69 Å². The van der Waals surface area contributed by atoms with Gasteiger partial charge in [0.25, 0.3) is 0 Å². The molecule has 2 N–H and O–H groups in total. The minimum Gasteiger partial charge on any atom is -0.361 e. The van der Waals surface area contributed by atoms with Gasteiger partial charge in [0, 0.05) is 33.9 Å². The fourth-order valence-electron chi connectivity index (χ4n) is 2.24. The van der Waals surface area contributed by atoms with E-state index in [1.807, 2.05) is 70.0 Å². The molecule has 1 aromatic heterocycles. The van der Waals surface area contributed by atoms with Crippen molar-refractivity contribution in [1.82, 2.24) is 9.97 Å². The van der Waals surface area contributed by atoms with E-state index in [2.05, 4.69) is 20.6 Å². The van der Waals surface area contributed by atoms with E-state index < -0.39 is 0 Å². The van der Waals surface area contributed by atoms with Crippen molar-refractivity contribution in [3.63, 3.8) is 0 Å². The molecule has 0 saturated carbocycles. The Kier molecular flexibility index (Phi) is 5.23. The number of nitrogens with zero attached hydrogens (tertiary/aromatic N) is 4. The lowest BCUT2D eigenvalue weighted by Crippen LogP contribution is -2.24. The Bertz CT molecular complexity index is 742. The van der Waals surface area contributed by atoms with Gasteiger partial charge in [-0.15, -0.1) is 0 Å². The van der Waals surface area contributed by atoms with E-state index in [1.165, 1.54) is 0 Å². The fraction of sp³-hybridized carbons (Fsp3) is 0.353. The molecule has 2 rings (SSSR count). The van der Waals surface area contributed by atoms with Crippen LogP contribution in [0.1, 0.15) is 11.1 Å². The first-order chi connectivity index (χ1) is 11.3. The molecule has 2 aromatic rings. The molecule has 0 bridgehead atoms. The number of anilines is 4. The van der Waals surface area contributed by atoms with Crippen LogP contribution in [0.25, 0.3) is 0 Å². The van der Waals surface area contributed by atoms with Crippen LogP contribution in [-0.4, -0.2) is 44.2 Å². The number of amides is 2. The summed E-state index contributed by atoms with van der Waals surface area (Å²) in [7, 11) is 7.48. The number of benzene rings is 1. The molecular weight excluding hydrogens is 304 g/mol. The molecule has 0 unspecified atom stereocenters. The second-order valence-electron chi connectivity index (χ2n) is 6.09. The summed E-state index contributed by atoms with van der Waals surface area (Å²) in [6.45, 7) is 3.98. The average Bonchev–Trinajstić information content (AvgIpc) is 2.50. The van der Waals surface area contributed by atoms with Gasteiger partial charge in [0.2, 0.25) is 5.95 Å². The van der Waals surface area contributed by atoms with Gasteiger partial charge in [-0.3, -0.25) is 0 Å². The fourth-order valence-corrected chi connectivity index (χ4v) is 2.24. The maximum absolute atomic E-state index is 12.3. The van der Waals surface area contributed by atoms with E-state index in [4.69, 9.17) is 0 Å². The van der Waals surface area contributed by atoms with Crippen molar-refractivity contribution in [2.24, 2.45) is 0 Å². The molecule has 0 fully saturated rings. The van der Waals surface area contributed by atoms with Crippen molar-refractivity contribution in [1.29, 1.82) is 0 Å². The Morgan fingerprint density at radius 2 is 1.67 bits per heavy atom. The van der Waals surface area contributed by atoms with Crippen molar-refractivity contribution < 1.29 is 4.79 Å². The third kappa shape index (κ3) is 4.13. The second-order valence-corrected chi connectivity index (χ2v) is 6.09. The van der Waals surface area contributed by atoms with Crippen LogP contribution in [0.15, 0.2) is 24.4 Å². The zero-order chi connectivity index (χ0) is 17.9. The molecule has 7 heteroatoms. The van der Waals surface area contributed by atoms with Crippen LogP contribution >= 0.6 is 0 Å². The Morgan fingerprint density at radius 3 is 2.25 bits per heavy atom. The van der Waals surface area contributed by atoms with E-state index in [0.29, 0.717) is 17.5 Å². The first kappa shape index (κ1) is 17.5. The highest BCUT2D eigenvalue weighted by molar-refractivity contribution is 6.01. The number of aryl methyl sites for hydroxylation is 2. The number of carbonyl (C=O) groups is 1. The third-order valence-corrected chi connectivity index (χ3v) is 3.46. The van der Waals surface area contributed by atoms with Crippen LogP contribution in [0, 0.1) is 13.8 Å². The van der Waals surface area contributed by atoms with E-state index in [0.717, 1.165) is 16.8 Å². The van der Waals surface area contributed by atoms with Crippen molar-refractivity contribution in [2.45, 2.75) is 13.8 Å². The molecule has 2 amide bonds. The molecule has 0 saturated heterocycles. The van der Waals surface area contributed by atoms with Gasteiger partial charge in [-0.1, -0.05) is 17.7 Å². The Balaban J connectivity index is 2.19. The molecule has 0 aliphatic heterocycles. The number of aromatic nitrogens is 2. The molecule has 24 heavy (non-hydrogen) atoms. The number of rotatable bonds is 4. The van der Waals surface area contributed by atoms with E-state index in [1.54, 1.807) is 6.20 Å². The molecular formula is C17H24N6O. The predicted molar refractivity (Wildman–Crippen MR) is 99.2 cm³/mol. The lowest BCUT2D eigenvalue weighted by atomic mass is 10.1. The average molecular weight is 328 g/mol. The summed E-state index contributed by atoms with van der Waals surface area (Å²) in [5.74, 6) is 1.23. The van der Waals surface area contributed by atoms with Gasteiger partial charge in [-0.05, 0) is 25.5 Å². The topological polar surface area (TPSA) is 73.4 Å². The van der Waals surface area contributed by atoms with Gasteiger partial charge >= 0.3 is 6.03 Å². The first-order valence-electron chi connectivity index (χ1n) is 7.65. The highest BCUT2D eigenvalue weighted by atomic mass is 16.2. The van der Waals surface area contributed by atoms with Crippen LogP contribution in [0.2, 0.25) is 0 Å². The number of carbonyl (C=O) groups excluding carboxylic acids is 1. The lowest BCUT2D eigenvalue weighted by molar-refractivity contribution is 0.262. The van der Waals surface area contributed by atoms with Gasteiger partial charge in [-0.2, -0.15) is 4.98 Å². The summed E-state index contributed by atoms with van der Waals surface area (Å²) in [6.07, 6.45) is 1.61. The molecule has 0 spiro atoms. The molecule has 1 aromatic carbocycles. The monoisotopic (exact) mass is 328 g/mol. The molecule has 0 aliphatic carbocycles. The second kappa shape index (κ2) is 7.16. The van der Waals surface area contributed by atoms with Crippen LogP contribution in [0.3, 0.4) is 0 Å². The van der Waals surface area contributed by atoms with E-state index in [-0.39, 0.29) is 6.03 Å². The summed E-state index contributed by atoms with van der Waals surface area (Å²) < 4.78 is 0. The standard InChI is InChI=1S/C17H24N6O/c1-11-7-8-13(12(2)9-11)19-17(24)20-14-10-18-16(23(5)6)21-15(14)22(3)4/h7-10H,1-6H3,(H2,19,20,24). The molecule has 0 aliphatic rings. The van der Waals surface area contributed by atoms with Crippen molar-refractivity contribution in [3.05, 3.63) is 35.5 Å². The highest BCUT2D eigenvalue weighted by Gasteiger charge is 2.13. The minimum absolute atomic E-state index is 0.328. The summed E-state index contributed by atoms with van der Waals surface area (Å²) in [4.78, 5) is 24.7. The Morgan fingerprint density at radius 1 is 1.00 bits per heavy atom. The van der Waals surface area contributed by atoms with Gasteiger partial charge in [0.15, 0.2) is 5.82 Å². The minimum atomic E-state index is -0.328. The van der Waals surface area contributed by atoms with Crippen LogP contribution in [0.5, 0.6) is 0 Å². The maximum Gasteiger partial charge on any atom is 0.323 e. The summed E-state index contributed by atoms with van der Waals surface area (Å²) in [6, 6.07) is 5.55. The van der Waals surface area contributed by atoms with Gasteiger partial charge < -0.3 is 20.4 Å². The third-order valence-electron chi connectivity index (χ3n) is 3.46. The van der Waals surface area contributed by atoms with E-state index in [9.17, 15) is 4.79 Å². The number of hydrogen-bond donors (Lipinski definition) is 2. The van der Waals surface area contributed by atoms with Gasteiger partial charge in [0.05, 0.1) is 6.20 Å². The zero-order valence-corrected chi connectivity index (χ0v) is 15.0. The SMILES string of the molecule is Cc1ccc(NC(=O)Nc2cnc(N(C)C)nc2N(C)C)c(C)c1. The lowest BCUT2D eigenvalue weighted by Gasteiger charge is -2.19. The van der Waals surface area contributed by atoms with Crippen molar-refractivity contribution in [2.75, 3.05) is 48.6 Å². The Labute approximate surface area is 142 Å². The first-order valence-corrected chi connectivity index (χ1v) is 7.65. The van der Waals surface area contributed by atoms with Gasteiger partial charge in [-0.25, -0.2) is 9.78 Å². The number of urea groups is 1. The largest absolute Gasteiger partial charge is 0.361 e. The molecule has 128 valence electrons. The van der Waals surface area contributed by atoms with E-state index >= 15 is 0 Å². The predicted octanol–water partition coefficient (Wildman–Crippen LogP) is 2.87. The number of nitrogens with one attached hydrogen (secondary N) is 2. The van der Waals surface area contributed by atoms with Crippen molar-refractivity contribution in [3.8, 4) is 0 Å². The molecule has 7 nitrogen and oxygen atoms in total. The molecule has 0 radical (unpaired) electrons. The summed E-state index contributed by atoms with van der Waals surface area (Å²) >= 11 is 0. The normalized spacial score (nSPS) is 10.2. The van der Waals surface area contributed by atoms with Crippen LogP contribution < -0.4 is 20.4 Å². The smallest absolute Gasteiger partial charge is 0.323 e. The van der Waals surface area contributed by atoms with Crippen molar-refractivity contribution >= 4 is 29.2 Å². The highest BCUT2D eigenvalue weighted by Crippen LogP contribution is 2.23. The Hall–Kier alpha value is -2.83. The molecule has 1 heterocycles. The summed E-state index contributed by atoms with van der Waals surface area (Å²) in [5.41, 5.74) is 3.49. The van der Waals surface area contributed by atoms with Crippen LogP contribution in [-0.2, 0) is 0 Å². The van der Waals surface area contributed by atoms with Crippen LogP contribution in [0.4, 0.5) is 27.9 Å². The number of hydrogen-bond acceptors (Lipinski definition) is 5. The molecule has 0 atom stereocenters. The quantitative estimate of drug-likeness (QED) is 0.903. The summed E-state index contributed by atoms with van der Waals surface area (Å²) in [5, 5.41) is 5.67.